The molecule has 1 aromatic heterocycles. The van der Waals surface area contributed by atoms with Gasteiger partial charge in [0.1, 0.15) is 5.92 Å². The van der Waals surface area contributed by atoms with Gasteiger partial charge in [-0.2, -0.15) is 0 Å². The van der Waals surface area contributed by atoms with Gasteiger partial charge < -0.3 is 25.2 Å². The summed E-state index contributed by atoms with van der Waals surface area (Å²) in [7, 11) is 0. The van der Waals surface area contributed by atoms with Crippen molar-refractivity contribution in [2.24, 2.45) is 11.8 Å². The zero-order chi connectivity index (χ0) is 21.5. The fraction of sp³-hybridized carbons (Fsp3) is 0.619. The molecule has 0 aromatic carbocycles. The van der Waals surface area contributed by atoms with Crippen molar-refractivity contribution in [2.75, 3.05) is 32.7 Å². The molecule has 9 heteroatoms. The summed E-state index contributed by atoms with van der Waals surface area (Å²) in [5.41, 5.74) is 0.585. The Balaban J connectivity index is 1.51. The topological polar surface area (TPSA) is 125 Å². The van der Waals surface area contributed by atoms with Gasteiger partial charge in [0.15, 0.2) is 5.76 Å². The third-order valence-corrected chi connectivity index (χ3v) is 5.77. The Labute approximate surface area is 175 Å². The van der Waals surface area contributed by atoms with E-state index in [0.717, 1.165) is 32.4 Å². The number of aromatic nitrogens is 1. The van der Waals surface area contributed by atoms with Crippen molar-refractivity contribution < 1.29 is 24.0 Å². The number of allylic oxidation sites excluding steroid dienone is 1. The Morgan fingerprint density at radius 3 is 2.80 bits per heavy atom. The number of nitrogens with zero attached hydrogens (tertiary/aromatic N) is 2. The fourth-order valence-electron chi connectivity index (χ4n) is 3.96. The maximum Gasteiger partial charge on any atom is 0.316 e. The number of amides is 2. The van der Waals surface area contributed by atoms with Gasteiger partial charge in [0, 0.05) is 25.7 Å². The number of aliphatic carboxylic acids is 1. The molecular formula is C21H30N4O5. The Hall–Kier alpha value is -2.68. The molecule has 164 valence electrons. The summed E-state index contributed by atoms with van der Waals surface area (Å²) < 4.78 is 5.04. The summed E-state index contributed by atoms with van der Waals surface area (Å²) in [6, 6.07) is 1.56. The summed E-state index contributed by atoms with van der Waals surface area (Å²) in [6.45, 7) is 4.55. The first-order valence-corrected chi connectivity index (χ1v) is 10.6. The molecule has 3 N–H and O–H groups in total. The number of hydrogen-bond acceptors (Lipinski definition) is 6. The van der Waals surface area contributed by atoms with Crippen molar-refractivity contribution in [3.05, 3.63) is 29.7 Å². The second kappa shape index (κ2) is 10.4. The van der Waals surface area contributed by atoms with Crippen LogP contribution in [0.1, 0.15) is 43.1 Å². The second-order valence-electron chi connectivity index (χ2n) is 8.08. The van der Waals surface area contributed by atoms with Crippen molar-refractivity contribution in [1.29, 1.82) is 0 Å². The maximum absolute atomic E-state index is 12.6. The van der Waals surface area contributed by atoms with Gasteiger partial charge in [0.05, 0.1) is 11.6 Å². The second-order valence-corrected chi connectivity index (χ2v) is 8.08. The molecule has 0 aliphatic carbocycles. The number of aryl methyl sites for hydroxylation is 1. The number of piperidine rings is 2. The fourth-order valence-corrected chi connectivity index (χ4v) is 3.96. The van der Waals surface area contributed by atoms with Crippen LogP contribution in [0.3, 0.4) is 0 Å². The summed E-state index contributed by atoms with van der Waals surface area (Å²) in [5.74, 6) is -2.10. The molecule has 3 heterocycles. The molecule has 2 aliphatic rings. The highest BCUT2D eigenvalue weighted by atomic mass is 16.5. The van der Waals surface area contributed by atoms with Crippen LogP contribution in [0.15, 0.2) is 22.7 Å². The van der Waals surface area contributed by atoms with Crippen molar-refractivity contribution in [3.63, 3.8) is 0 Å². The predicted octanol–water partition coefficient (Wildman–Crippen LogP) is 1.06. The molecule has 0 saturated carbocycles. The standard InChI is InChI=1S/C21H30N4O5/c1-14-11-18(30-24-14)17(21(28)29)12-23-20(27)16-3-2-10-25(13-16)19(26)5-4-15-6-8-22-9-7-15/h4-5,11,15-17,22H,2-3,6-10,12-13H2,1H3,(H,23,27)(H,28,29)/b5-4+/t16-,17+/m1/s1. The molecule has 0 bridgehead atoms. The Morgan fingerprint density at radius 1 is 1.37 bits per heavy atom. The van der Waals surface area contributed by atoms with Gasteiger partial charge in [-0.1, -0.05) is 11.2 Å². The average molecular weight is 418 g/mol. The summed E-state index contributed by atoms with van der Waals surface area (Å²) >= 11 is 0. The third kappa shape index (κ3) is 5.91. The van der Waals surface area contributed by atoms with Gasteiger partial charge in [-0.25, -0.2) is 0 Å². The largest absolute Gasteiger partial charge is 0.481 e. The van der Waals surface area contributed by atoms with E-state index in [1.54, 1.807) is 24.0 Å². The number of rotatable bonds is 7. The molecule has 0 radical (unpaired) electrons. The Kier molecular flexibility index (Phi) is 7.62. The van der Waals surface area contributed by atoms with Crippen molar-refractivity contribution >= 4 is 17.8 Å². The number of nitrogens with one attached hydrogen (secondary N) is 2. The van der Waals surface area contributed by atoms with Crippen molar-refractivity contribution in [2.45, 2.75) is 38.5 Å². The molecule has 2 saturated heterocycles. The quantitative estimate of drug-likeness (QED) is 0.566. The van der Waals surface area contributed by atoms with Crippen LogP contribution in [0.2, 0.25) is 0 Å². The first kappa shape index (κ1) is 22.0. The molecule has 2 atom stereocenters. The van der Waals surface area contributed by atoms with Gasteiger partial charge in [-0.05, 0) is 57.7 Å². The lowest BCUT2D eigenvalue weighted by Crippen LogP contribution is -2.46. The number of carboxylic acids is 1. The van der Waals surface area contributed by atoms with Crippen LogP contribution < -0.4 is 10.6 Å². The molecule has 0 unspecified atom stereocenters. The summed E-state index contributed by atoms with van der Waals surface area (Å²) in [6.07, 6.45) is 7.11. The number of carbonyl (C=O) groups excluding carboxylic acids is 2. The van der Waals surface area contributed by atoms with E-state index < -0.39 is 11.9 Å². The zero-order valence-electron chi connectivity index (χ0n) is 17.3. The minimum Gasteiger partial charge on any atom is -0.481 e. The molecule has 2 amide bonds. The first-order chi connectivity index (χ1) is 14.4. The van der Waals surface area contributed by atoms with Gasteiger partial charge in [-0.3, -0.25) is 14.4 Å². The lowest BCUT2D eigenvalue weighted by atomic mass is 9.95. The minimum absolute atomic E-state index is 0.0634. The van der Waals surface area contributed by atoms with Gasteiger partial charge in [0.2, 0.25) is 11.8 Å². The third-order valence-electron chi connectivity index (χ3n) is 5.77. The zero-order valence-corrected chi connectivity index (χ0v) is 17.3. The lowest BCUT2D eigenvalue weighted by molar-refractivity contribution is -0.139. The maximum atomic E-state index is 12.6. The smallest absolute Gasteiger partial charge is 0.316 e. The first-order valence-electron chi connectivity index (χ1n) is 10.6. The van der Waals surface area contributed by atoms with Gasteiger partial charge >= 0.3 is 5.97 Å². The van der Waals surface area contributed by atoms with E-state index in [-0.39, 0.29) is 30.0 Å². The molecule has 2 aliphatic heterocycles. The van der Waals surface area contributed by atoms with Crippen LogP contribution in [0, 0.1) is 18.8 Å². The van der Waals surface area contributed by atoms with Crippen LogP contribution in [0.25, 0.3) is 0 Å². The van der Waals surface area contributed by atoms with E-state index in [4.69, 9.17) is 4.52 Å². The van der Waals surface area contributed by atoms with E-state index in [1.807, 2.05) is 6.08 Å². The number of carboxylic acid groups (broad SMARTS) is 1. The highest BCUT2D eigenvalue weighted by Gasteiger charge is 2.30. The predicted molar refractivity (Wildman–Crippen MR) is 109 cm³/mol. The number of likely N-dealkylation sites (tertiary alicyclic amines) is 1. The van der Waals surface area contributed by atoms with Crippen LogP contribution in [0.4, 0.5) is 0 Å². The van der Waals surface area contributed by atoms with Crippen LogP contribution in [-0.4, -0.2) is 65.7 Å². The normalized spacial score (nSPS) is 21.5. The van der Waals surface area contributed by atoms with Crippen LogP contribution in [0.5, 0.6) is 0 Å². The van der Waals surface area contributed by atoms with Gasteiger partial charge in [-0.15, -0.1) is 0 Å². The minimum atomic E-state index is -1.09. The number of carbonyl (C=O) groups is 3. The molecule has 1 aromatic rings. The molecule has 9 nitrogen and oxygen atoms in total. The lowest BCUT2D eigenvalue weighted by Gasteiger charge is -2.31. The van der Waals surface area contributed by atoms with E-state index in [0.29, 0.717) is 31.1 Å². The molecular weight excluding hydrogens is 388 g/mol. The van der Waals surface area contributed by atoms with E-state index >= 15 is 0 Å². The van der Waals surface area contributed by atoms with Crippen molar-refractivity contribution in [3.8, 4) is 0 Å². The van der Waals surface area contributed by atoms with Gasteiger partial charge in [0.25, 0.3) is 0 Å². The molecule has 30 heavy (non-hydrogen) atoms. The SMILES string of the molecule is Cc1cc([C@H](CNC(=O)[C@@H]2CCCN(C(=O)/C=C/C3CCNCC3)C2)C(=O)O)on1. The Morgan fingerprint density at radius 2 is 2.13 bits per heavy atom. The summed E-state index contributed by atoms with van der Waals surface area (Å²) in [4.78, 5) is 38.4. The highest BCUT2D eigenvalue weighted by Crippen LogP contribution is 2.20. The Bertz CT molecular complexity index is 784. The van der Waals surface area contributed by atoms with Crippen molar-refractivity contribution in [1.82, 2.24) is 20.7 Å². The number of hydrogen-bond donors (Lipinski definition) is 3. The van der Waals surface area contributed by atoms with Crippen LogP contribution >= 0.6 is 0 Å². The summed E-state index contributed by atoms with van der Waals surface area (Å²) in [5, 5.41) is 19.2. The molecule has 3 rings (SSSR count). The molecule has 0 spiro atoms. The molecule has 2 fully saturated rings. The highest BCUT2D eigenvalue weighted by molar-refractivity contribution is 5.88. The van der Waals surface area contributed by atoms with E-state index in [2.05, 4.69) is 15.8 Å². The van der Waals surface area contributed by atoms with Crippen LogP contribution in [-0.2, 0) is 14.4 Å². The average Bonchev–Trinajstić information content (AvgIpc) is 3.18. The monoisotopic (exact) mass is 418 g/mol. The van der Waals surface area contributed by atoms with E-state index in [9.17, 15) is 19.5 Å². The van der Waals surface area contributed by atoms with E-state index in [1.165, 1.54) is 0 Å².